The van der Waals surface area contributed by atoms with Gasteiger partial charge in [0, 0.05) is 35.8 Å². The van der Waals surface area contributed by atoms with Crippen LogP contribution in [0.2, 0.25) is 0 Å². The summed E-state index contributed by atoms with van der Waals surface area (Å²) in [6.45, 7) is 4.27. The summed E-state index contributed by atoms with van der Waals surface area (Å²) < 4.78 is 10.5. The molecule has 0 spiro atoms. The number of hydrogen-bond acceptors (Lipinski definition) is 6. The fourth-order valence-electron chi connectivity index (χ4n) is 3.49. The molecule has 1 aliphatic carbocycles. The van der Waals surface area contributed by atoms with E-state index in [2.05, 4.69) is 10.2 Å². The summed E-state index contributed by atoms with van der Waals surface area (Å²) in [7, 11) is 1.58. The number of nitrogens with one attached hydrogen (secondary N) is 1. The zero-order valence-electron chi connectivity index (χ0n) is 16.3. The molecule has 1 aromatic rings. The molecule has 3 rings (SSSR count). The first-order valence-corrected chi connectivity index (χ1v) is 10.6. The Morgan fingerprint density at radius 3 is 2.64 bits per heavy atom. The SMILES string of the molecule is COc1ccc(C(=O)NC2=C(C=O)C(CCN3CCOCC3)C(SC)=C2)cc1. The second kappa shape index (κ2) is 9.91. The number of benzene rings is 1. The largest absolute Gasteiger partial charge is 0.497 e. The van der Waals surface area contributed by atoms with E-state index in [-0.39, 0.29) is 11.8 Å². The first-order valence-electron chi connectivity index (χ1n) is 9.36. The van der Waals surface area contributed by atoms with Crippen molar-refractivity contribution in [2.75, 3.05) is 46.2 Å². The standard InChI is InChI=1S/C21H26N2O4S/c1-26-16-5-3-15(4-6-16)21(25)22-19-13-20(28-2)17(18(19)14-24)7-8-23-9-11-27-12-10-23/h3-6,13-14,17H,7-12H2,1-2H3,(H,22,25). The molecule has 7 heteroatoms. The normalized spacial score (nSPS) is 20.1. The van der Waals surface area contributed by atoms with E-state index >= 15 is 0 Å². The van der Waals surface area contributed by atoms with Crippen molar-refractivity contribution in [3.05, 3.63) is 52.1 Å². The van der Waals surface area contributed by atoms with Crippen LogP contribution < -0.4 is 10.1 Å². The van der Waals surface area contributed by atoms with Gasteiger partial charge in [-0.15, -0.1) is 11.8 Å². The third-order valence-electron chi connectivity index (χ3n) is 5.12. The monoisotopic (exact) mass is 402 g/mol. The molecule has 1 heterocycles. The molecule has 1 fully saturated rings. The molecule has 1 amide bonds. The van der Waals surface area contributed by atoms with Gasteiger partial charge in [-0.3, -0.25) is 14.5 Å². The second-order valence-electron chi connectivity index (χ2n) is 6.72. The smallest absolute Gasteiger partial charge is 0.255 e. The number of aldehydes is 1. The van der Waals surface area contributed by atoms with Crippen LogP contribution in [0.25, 0.3) is 0 Å². The zero-order chi connectivity index (χ0) is 19.9. The predicted octanol–water partition coefficient (Wildman–Crippen LogP) is 2.48. The highest BCUT2D eigenvalue weighted by Gasteiger charge is 2.29. The Bertz CT molecular complexity index is 767. The lowest BCUT2D eigenvalue weighted by Crippen LogP contribution is -2.37. The van der Waals surface area contributed by atoms with Gasteiger partial charge in [0.25, 0.3) is 5.91 Å². The van der Waals surface area contributed by atoms with Gasteiger partial charge in [0.15, 0.2) is 0 Å². The van der Waals surface area contributed by atoms with Gasteiger partial charge in [0.05, 0.1) is 20.3 Å². The molecule has 1 unspecified atom stereocenters. The molecule has 0 saturated carbocycles. The van der Waals surface area contributed by atoms with Crippen LogP contribution >= 0.6 is 11.8 Å². The van der Waals surface area contributed by atoms with E-state index in [1.54, 1.807) is 43.1 Å². The quantitative estimate of drug-likeness (QED) is 0.674. The van der Waals surface area contributed by atoms with Crippen molar-refractivity contribution >= 4 is 24.0 Å². The number of allylic oxidation sites excluding steroid dienone is 3. The number of ether oxygens (including phenoxy) is 2. The maximum absolute atomic E-state index is 12.6. The molecule has 1 aromatic carbocycles. The minimum Gasteiger partial charge on any atom is -0.497 e. The lowest BCUT2D eigenvalue weighted by atomic mass is 9.98. The second-order valence-corrected chi connectivity index (χ2v) is 7.60. The third kappa shape index (κ3) is 4.84. The van der Waals surface area contributed by atoms with Gasteiger partial charge in [-0.25, -0.2) is 0 Å². The Morgan fingerprint density at radius 2 is 2.04 bits per heavy atom. The minimum absolute atomic E-state index is 0.0292. The summed E-state index contributed by atoms with van der Waals surface area (Å²) in [6, 6.07) is 6.90. The molecule has 0 radical (unpaired) electrons. The fourth-order valence-corrected chi connectivity index (χ4v) is 4.26. The molecular formula is C21H26N2O4S. The van der Waals surface area contributed by atoms with E-state index in [1.165, 1.54) is 0 Å². The first-order chi connectivity index (χ1) is 13.7. The summed E-state index contributed by atoms with van der Waals surface area (Å²) in [4.78, 5) is 27.9. The number of carbonyl (C=O) groups excluding carboxylic acids is 2. The highest BCUT2D eigenvalue weighted by molar-refractivity contribution is 8.02. The summed E-state index contributed by atoms with van der Waals surface area (Å²) in [5.41, 5.74) is 1.78. The van der Waals surface area contributed by atoms with Gasteiger partial charge >= 0.3 is 0 Å². The highest BCUT2D eigenvalue weighted by Crippen LogP contribution is 2.38. The lowest BCUT2D eigenvalue weighted by molar-refractivity contribution is -0.105. The average molecular weight is 403 g/mol. The van der Waals surface area contributed by atoms with Crippen molar-refractivity contribution in [1.29, 1.82) is 0 Å². The van der Waals surface area contributed by atoms with Crippen LogP contribution in [0.4, 0.5) is 0 Å². The van der Waals surface area contributed by atoms with Gasteiger partial charge in [0.1, 0.15) is 12.0 Å². The Morgan fingerprint density at radius 1 is 1.32 bits per heavy atom. The van der Waals surface area contributed by atoms with E-state index < -0.39 is 0 Å². The van der Waals surface area contributed by atoms with Crippen LogP contribution in [0.1, 0.15) is 16.8 Å². The Balaban J connectivity index is 1.70. The molecular weight excluding hydrogens is 376 g/mol. The zero-order valence-corrected chi connectivity index (χ0v) is 17.1. The maximum atomic E-state index is 12.6. The van der Waals surface area contributed by atoms with Crippen LogP contribution in [0.5, 0.6) is 5.75 Å². The van der Waals surface area contributed by atoms with Crippen LogP contribution in [0, 0.1) is 5.92 Å². The van der Waals surface area contributed by atoms with Crippen molar-refractivity contribution in [2.24, 2.45) is 5.92 Å². The van der Waals surface area contributed by atoms with Crippen molar-refractivity contribution < 1.29 is 19.1 Å². The van der Waals surface area contributed by atoms with Gasteiger partial charge in [0.2, 0.25) is 0 Å². The predicted molar refractivity (Wildman–Crippen MR) is 111 cm³/mol. The summed E-state index contributed by atoms with van der Waals surface area (Å²) in [5, 5.41) is 2.91. The Hall–Kier alpha value is -2.09. The fraction of sp³-hybridized carbons (Fsp3) is 0.429. The molecule has 1 atom stereocenters. The van der Waals surface area contributed by atoms with Crippen LogP contribution in [0.15, 0.2) is 46.5 Å². The topological polar surface area (TPSA) is 67.9 Å². The number of thioether (sulfide) groups is 1. The van der Waals surface area contributed by atoms with Crippen LogP contribution in [-0.4, -0.2) is 63.3 Å². The van der Waals surface area contributed by atoms with Gasteiger partial charge < -0.3 is 14.8 Å². The summed E-state index contributed by atoms with van der Waals surface area (Å²) in [6.07, 6.45) is 5.67. The summed E-state index contributed by atoms with van der Waals surface area (Å²) in [5.74, 6) is 0.488. The molecule has 0 bridgehead atoms. The van der Waals surface area contributed by atoms with E-state index in [0.29, 0.717) is 22.6 Å². The van der Waals surface area contributed by atoms with Crippen molar-refractivity contribution in [1.82, 2.24) is 10.2 Å². The van der Waals surface area contributed by atoms with Gasteiger partial charge in [-0.05, 0) is 54.5 Å². The summed E-state index contributed by atoms with van der Waals surface area (Å²) >= 11 is 1.63. The molecule has 1 N–H and O–H groups in total. The lowest BCUT2D eigenvalue weighted by Gasteiger charge is -2.28. The Kier molecular flexibility index (Phi) is 7.30. The molecule has 6 nitrogen and oxygen atoms in total. The average Bonchev–Trinajstić information content (AvgIpc) is 3.09. The molecule has 28 heavy (non-hydrogen) atoms. The highest BCUT2D eigenvalue weighted by atomic mass is 32.2. The number of rotatable bonds is 8. The van der Waals surface area contributed by atoms with Crippen LogP contribution in [0.3, 0.4) is 0 Å². The molecule has 1 aliphatic heterocycles. The van der Waals surface area contributed by atoms with E-state index in [1.807, 2.05) is 12.3 Å². The van der Waals surface area contributed by atoms with Crippen molar-refractivity contribution in [2.45, 2.75) is 6.42 Å². The van der Waals surface area contributed by atoms with Crippen molar-refractivity contribution in [3.8, 4) is 5.75 Å². The molecule has 1 saturated heterocycles. The Labute approximate surface area is 169 Å². The maximum Gasteiger partial charge on any atom is 0.255 e. The molecule has 2 aliphatic rings. The van der Waals surface area contributed by atoms with Crippen LogP contribution in [-0.2, 0) is 9.53 Å². The number of hydrogen-bond donors (Lipinski definition) is 1. The number of amides is 1. The van der Waals surface area contributed by atoms with Crippen molar-refractivity contribution in [3.63, 3.8) is 0 Å². The van der Waals surface area contributed by atoms with Gasteiger partial charge in [-0.2, -0.15) is 0 Å². The number of morpholine rings is 1. The van der Waals surface area contributed by atoms with E-state index in [9.17, 15) is 9.59 Å². The van der Waals surface area contributed by atoms with E-state index in [4.69, 9.17) is 9.47 Å². The number of nitrogens with zero attached hydrogens (tertiary/aromatic N) is 1. The minimum atomic E-state index is -0.234. The number of methoxy groups -OCH3 is 1. The van der Waals surface area contributed by atoms with Gasteiger partial charge in [-0.1, -0.05) is 0 Å². The number of carbonyl (C=O) groups is 2. The third-order valence-corrected chi connectivity index (χ3v) is 5.99. The first kappa shape index (κ1) is 20.6. The van der Waals surface area contributed by atoms with E-state index in [0.717, 1.165) is 50.5 Å². The molecule has 150 valence electrons. The molecule has 0 aromatic heterocycles.